The van der Waals surface area contributed by atoms with Crippen LogP contribution in [0.25, 0.3) is 0 Å². The highest BCUT2D eigenvalue weighted by Crippen LogP contribution is 2.14. The topological polar surface area (TPSA) is 78.4 Å². The van der Waals surface area contributed by atoms with Crippen LogP contribution in [-0.4, -0.2) is 35.2 Å². The van der Waals surface area contributed by atoms with Crippen molar-refractivity contribution in [3.05, 3.63) is 21.9 Å². The van der Waals surface area contributed by atoms with Crippen molar-refractivity contribution in [1.82, 2.24) is 10.6 Å². The quantitative estimate of drug-likeness (QED) is 0.720. The first-order valence-corrected chi connectivity index (χ1v) is 8.05. The van der Waals surface area contributed by atoms with Gasteiger partial charge < -0.3 is 15.7 Å². The van der Waals surface area contributed by atoms with Gasteiger partial charge in [0, 0.05) is 9.75 Å². The summed E-state index contributed by atoms with van der Waals surface area (Å²) < 4.78 is 0. The Kier molecular flexibility index (Phi) is 6.72. The number of thioether (sulfide) groups is 1. The van der Waals surface area contributed by atoms with Gasteiger partial charge in [0.15, 0.2) is 0 Å². The van der Waals surface area contributed by atoms with Gasteiger partial charge in [-0.3, -0.25) is 0 Å². The Hall–Kier alpha value is -1.21. The van der Waals surface area contributed by atoms with Crippen LogP contribution in [0.2, 0.25) is 0 Å². The molecule has 1 rings (SSSR count). The Morgan fingerprint density at radius 2 is 2.21 bits per heavy atom. The SMILES string of the molecule is CSCCC(NC(=O)NCc1ccc(C)s1)C(=O)O. The zero-order valence-electron chi connectivity index (χ0n) is 10.9. The second-order valence-electron chi connectivity index (χ2n) is 4.01. The van der Waals surface area contributed by atoms with Crippen LogP contribution < -0.4 is 10.6 Å². The van der Waals surface area contributed by atoms with E-state index >= 15 is 0 Å². The average Bonchev–Trinajstić information content (AvgIpc) is 2.77. The fraction of sp³-hybridized carbons (Fsp3) is 0.500. The Morgan fingerprint density at radius 3 is 2.74 bits per heavy atom. The van der Waals surface area contributed by atoms with E-state index in [1.165, 1.54) is 4.88 Å². The van der Waals surface area contributed by atoms with E-state index in [0.29, 0.717) is 18.7 Å². The lowest BCUT2D eigenvalue weighted by molar-refractivity contribution is -0.139. The highest BCUT2D eigenvalue weighted by molar-refractivity contribution is 7.98. The van der Waals surface area contributed by atoms with Crippen LogP contribution in [0, 0.1) is 6.92 Å². The van der Waals surface area contributed by atoms with Gasteiger partial charge in [0.2, 0.25) is 0 Å². The number of amides is 2. The summed E-state index contributed by atoms with van der Waals surface area (Å²) in [7, 11) is 0. The summed E-state index contributed by atoms with van der Waals surface area (Å²) in [6.45, 7) is 2.41. The van der Waals surface area contributed by atoms with Crippen molar-refractivity contribution in [2.24, 2.45) is 0 Å². The van der Waals surface area contributed by atoms with E-state index in [-0.39, 0.29) is 0 Å². The lowest BCUT2D eigenvalue weighted by Crippen LogP contribution is -2.46. The van der Waals surface area contributed by atoms with E-state index in [9.17, 15) is 9.59 Å². The van der Waals surface area contributed by atoms with Crippen molar-refractivity contribution in [2.75, 3.05) is 12.0 Å². The van der Waals surface area contributed by atoms with Gasteiger partial charge in [-0.25, -0.2) is 9.59 Å². The largest absolute Gasteiger partial charge is 0.480 e. The van der Waals surface area contributed by atoms with Crippen molar-refractivity contribution in [1.29, 1.82) is 0 Å². The van der Waals surface area contributed by atoms with E-state index < -0.39 is 18.0 Å². The molecule has 0 saturated heterocycles. The van der Waals surface area contributed by atoms with E-state index in [1.807, 2.05) is 25.3 Å². The van der Waals surface area contributed by atoms with Gasteiger partial charge in [-0.2, -0.15) is 11.8 Å². The number of carbonyl (C=O) groups excluding carboxylic acids is 1. The van der Waals surface area contributed by atoms with E-state index in [1.54, 1.807) is 23.1 Å². The lowest BCUT2D eigenvalue weighted by Gasteiger charge is -2.14. The van der Waals surface area contributed by atoms with Crippen molar-refractivity contribution in [3.8, 4) is 0 Å². The first kappa shape index (κ1) is 15.8. The minimum Gasteiger partial charge on any atom is -0.480 e. The van der Waals surface area contributed by atoms with Gasteiger partial charge in [-0.05, 0) is 37.5 Å². The zero-order valence-corrected chi connectivity index (χ0v) is 12.6. The highest BCUT2D eigenvalue weighted by atomic mass is 32.2. The van der Waals surface area contributed by atoms with Gasteiger partial charge in [0.05, 0.1) is 6.54 Å². The van der Waals surface area contributed by atoms with Gasteiger partial charge in [0.25, 0.3) is 0 Å². The highest BCUT2D eigenvalue weighted by Gasteiger charge is 2.19. The minimum absolute atomic E-state index is 0.416. The Morgan fingerprint density at radius 1 is 1.47 bits per heavy atom. The maximum atomic E-state index is 11.6. The van der Waals surface area contributed by atoms with E-state index in [2.05, 4.69) is 10.6 Å². The van der Waals surface area contributed by atoms with Crippen molar-refractivity contribution in [3.63, 3.8) is 0 Å². The van der Waals surface area contributed by atoms with Crippen molar-refractivity contribution >= 4 is 35.1 Å². The first-order valence-electron chi connectivity index (χ1n) is 5.84. The Labute approximate surface area is 120 Å². The molecule has 0 aliphatic rings. The average molecular weight is 302 g/mol. The number of hydrogen-bond donors (Lipinski definition) is 3. The van der Waals surface area contributed by atoms with E-state index in [4.69, 9.17) is 5.11 Å². The van der Waals surface area contributed by atoms with Gasteiger partial charge in [-0.15, -0.1) is 11.3 Å². The molecular formula is C12H18N2O3S2. The number of thiophene rings is 1. The molecule has 1 aromatic heterocycles. The molecule has 2 amide bonds. The predicted octanol–water partition coefficient (Wildman–Crippen LogP) is 2.06. The fourth-order valence-electron chi connectivity index (χ4n) is 1.45. The lowest BCUT2D eigenvalue weighted by atomic mass is 10.2. The molecule has 1 atom stereocenters. The van der Waals surface area contributed by atoms with Gasteiger partial charge in [0.1, 0.15) is 6.04 Å². The standard InChI is InChI=1S/C12H18N2O3S2/c1-8-3-4-9(19-8)7-13-12(17)14-10(11(15)16)5-6-18-2/h3-4,10H,5-7H2,1-2H3,(H,15,16)(H2,13,14,17). The summed E-state index contributed by atoms with van der Waals surface area (Å²) >= 11 is 3.16. The molecule has 0 saturated carbocycles. The maximum absolute atomic E-state index is 11.6. The van der Waals surface area contributed by atoms with Crippen LogP contribution in [0.4, 0.5) is 4.79 Å². The van der Waals surface area contributed by atoms with Gasteiger partial charge in [-0.1, -0.05) is 0 Å². The smallest absolute Gasteiger partial charge is 0.326 e. The molecule has 0 aliphatic heterocycles. The van der Waals surface area contributed by atoms with Crippen LogP contribution in [0.15, 0.2) is 12.1 Å². The normalized spacial score (nSPS) is 11.9. The fourth-order valence-corrected chi connectivity index (χ4v) is 2.75. The summed E-state index contributed by atoms with van der Waals surface area (Å²) in [5, 5.41) is 14.1. The number of carboxylic acids is 1. The monoisotopic (exact) mass is 302 g/mol. The third-order valence-corrected chi connectivity index (χ3v) is 4.08. The summed E-state index contributed by atoms with van der Waals surface area (Å²) in [4.78, 5) is 24.8. The number of nitrogens with one attached hydrogen (secondary N) is 2. The third-order valence-electron chi connectivity index (χ3n) is 2.43. The number of aliphatic carboxylic acids is 1. The Balaban J connectivity index is 2.37. The molecule has 3 N–H and O–H groups in total. The van der Waals surface area contributed by atoms with Crippen LogP contribution in [-0.2, 0) is 11.3 Å². The second kappa shape index (κ2) is 8.06. The number of carbonyl (C=O) groups is 2. The van der Waals surface area contributed by atoms with Crippen molar-refractivity contribution < 1.29 is 14.7 Å². The molecule has 0 aliphatic carbocycles. The van der Waals surface area contributed by atoms with E-state index in [0.717, 1.165) is 4.88 Å². The second-order valence-corrected chi connectivity index (χ2v) is 6.37. The molecule has 1 aromatic rings. The molecule has 1 unspecified atom stereocenters. The molecule has 1 heterocycles. The molecule has 0 bridgehead atoms. The number of rotatable bonds is 7. The molecule has 0 fully saturated rings. The molecule has 19 heavy (non-hydrogen) atoms. The maximum Gasteiger partial charge on any atom is 0.326 e. The molecule has 0 radical (unpaired) electrons. The summed E-state index contributed by atoms with van der Waals surface area (Å²) in [5.41, 5.74) is 0. The van der Waals surface area contributed by atoms with Gasteiger partial charge >= 0.3 is 12.0 Å². The predicted molar refractivity (Wildman–Crippen MR) is 78.9 cm³/mol. The number of carboxylic acid groups (broad SMARTS) is 1. The van der Waals surface area contributed by atoms with Crippen LogP contribution in [0.5, 0.6) is 0 Å². The first-order chi connectivity index (χ1) is 9.02. The molecule has 0 aromatic carbocycles. The number of aryl methyl sites for hydroxylation is 1. The van der Waals surface area contributed by atoms with Crippen LogP contribution in [0.3, 0.4) is 0 Å². The van der Waals surface area contributed by atoms with Crippen LogP contribution in [0.1, 0.15) is 16.2 Å². The molecule has 106 valence electrons. The zero-order chi connectivity index (χ0) is 14.3. The summed E-state index contributed by atoms with van der Waals surface area (Å²) in [6, 6.07) is 2.65. The summed E-state index contributed by atoms with van der Waals surface area (Å²) in [5.74, 6) is -0.308. The third kappa shape index (κ3) is 5.98. The molecule has 5 nitrogen and oxygen atoms in total. The number of hydrogen-bond acceptors (Lipinski definition) is 4. The molecular weight excluding hydrogens is 284 g/mol. The molecule has 7 heteroatoms. The minimum atomic E-state index is -1.00. The summed E-state index contributed by atoms with van der Waals surface area (Å²) in [6.07, 6.45) is 2.32. The van der Waals surface area contributed by atoms with Crippen molar-refractivity contribution in [2.45, 2.75) is 25.9 Å². The van der Waals surface area contributed by atoms with Crippen LogP contribution >= 0.6 is 23.1 Å². The Bertz CT molecular complexity index is 434. The molecule has 0 spiro atoms. The number of urea groups is 1.